The molecule has 5 nitrogen and oxygen atoms in total. The van der Waals surface area contributed by atoms with E-state index < -0.39 is 0 Å². The molecule has 3 aromatic rings. The molecular formula is C21H24N4O. The second-order valence-electron chi connectivity index (χ2n) is 7.45. The van der Waals surface area contributed by atoms with Crippen LogP contribution >= 0.6 is 0 Å². The van der Waals surface area contributed by atoms with E-state index in [2.05, 4.69) is 55.0 Å². The maximum Gasteiger partial charge on any atom is 0.247 e. The summed E-state index contributed by atoms with van der Waals surface area (Å²) in [7, 11) is 0. The molecule has 0 radical (unpaired) electrons. The van der Waals surface area contributed by atoms with Crippen molar-refractivity contribution in [3.8, 4) is 11.5 Å². The summed E-state index contributed by atoms with van der Waals surface area (Å²) in [5, 5.41) is 9.52. The van der Waals surface area contributed by atoms with Crippen LogP contribution in [0, 0.1) is 5.92 Å². The van der Waals surface area contributed by atoms with E-state index in [0.717, 1.165) is 39.9 Å². The summed E-state index contributed by atoms with van der Waals surface area (Å²) in [4.78, 5) is 8.13. The highest BCUT2D eigenvalue weighted by molar-refractivity contribution is 6.10. The van der Waals surface area contributed by atoms with Crippen LogP contribution in [0.1, 0.15) is 52.0 Å². The number of hydrogen-bond donors (Lipinski definition) is 1. The quantitative estimate of drug-likeness (QED) is 0.637. The molecule has 1 aromatic carbocycles. The average molecular weight is 348 g/mol. The zero-order chi connectivity index (χ0) is 18.3. The van der Waals surface area contributed by atoms with E-state index in [1.165, 1.54) is 18.4 Å². The van der Waals surface area contributed by atoms with Gasteiger partial charge < -0.3 is 9.40 Å². The normalized spacial score (nSPS) is 14.5. The third kappa shape index (κ3) is 3.34. The Kier molecular flexibility index (Phi) is 4.23. The number of hydrogen-bond acceptors (Lipinski definition) is 4. The number of nitrogens with zero attached hydrogens (tertiary/aromatic N) is 3. The summed E-state index contributed by atoms with van der Waals surface area (Å²) in [6, 6.07) is 6.17. The van der Waals surface area contributed by atoms with Gasteiger partial charge in [0.1, 0.15) is 0 Å². The molecule has 0 unspecified atom stereocenters. The monoisotopic (exact) mass is 348 g/mol. The first-order chi connectivity index (χ1) is 12.5. The van der Waals surface area contributed by atoms with Crippen molar-refractivity contribution in [2.24, 2.45) is 10.9 Å². The van der Waals surface area contributed by atoms with Gasteiger partial charge >= 0.3 is 0 Å². The topological polar surface area (TPSA) is 67.1 Å². The number of H-pyrrole nitrogens is 1. The highest BCUT2D eigenvalue weighted by Crippen LogP contribution is 2.32. The lowest BCUT2D eigenvalue weighted by Gasteiger charge is -2.02. The fraction of sp³-hybridized carbons (Fsp3) is 0.381. The zero-order valence-corrected chi connectivity index (χ0v) is 15.8. The van der Waals surface area contributed by atoms with Crippen molar-refractivity contribution in [2.45, 2.75) is 47.0 Å². The van der Waals surface area contributed by atoms with E-state index >= 15 is 0 Å². The fourth-order valence-corrected chi connectivity index (χ4v) is 3.17. The molecule has 0 atom stereocenters. The average Bonchev–Trinajstić information content (AvgIpc) is 3.21. The van der Waals surface area contributed by atoms with E-state index in [1.807, 2.05) is 12.3 Å². The first-order valence-electron chi connectivity index (χ1n) is 9.19. The third-order valence-electron chi connectivity index (χ3n) is 4.72. The Balaban J connectivity index is 1.70. The third-order valence-corrected chi connectivity index (χ3v) is 4.72. The molecule has 1 fully saturated rings. The van der Waals surface area contributed by atoms with E-state index in [1.54, 1.807) is 0 Å². The predicted octanol–water partition coefficient (Wildman–Crippen LogP) is 5.29. The molecule has 1 aliphatic rings. The highest BCUT2D eigenvalue weighted by atomic mass is 16.4. The number of rotatable bonds is 5. The second kappa shape index (κ2) is 6.56. The molecule has 134 valence electrons. The molecule has 2 heterocycles. The van der Waals surface area contributed by atoms with Crippen LogP contribution in [0.2, 0.25) is 0 Å². The summed E-state index contributed by atoms with van der Waals surface area (Å²) in [5.41, 5.74) is 6.78. The number of fused-ring (bicyclic) bond motifs is 1. The number of benzene rings is 1. The van der Waals surface area contributed by atoms with Crippen LogP contribution in [0.15, 0.2) is 45.1 Å². The summed E-state index contributed by atoms with van der Waals surface area (Å²) in [5.74, 6) is 1.75. The van der Waals surface area contributed by atoms with Crippen LogP contribution in [-0.4, -0.2) is 20.9 Å². The minimum absolute atomic E-state index is 0.491. The minimum Gasteiger partial charge on any atom is -0.421 e. The molecule has 0 amide bonds. The molecule has 1 saturated carbocycles. The largest absolute Gasteiger partial charge is 0.421 e. The van der Waals surface area contributed by atoms with Gasteiger partial charge in [-0.15, -0.1) is 10.2 Å². The Morgan fingerprint density at radius 3 is 2.77 bits per heavy atom. The first kappa shape index (κ1) is 16.8. The van der Waals surface area contributed by atoms with E-state index in [-0.39, 0.29) is 0 Å². The second-order valence-corrected chi connectivity index (χ2v) is 7.45. The molecule has 1 aliphatic carbocycles. The minimum atomic E-state index is 0.491. The molecule has 5 heteroatoms. The van der Waals surface area contributed by atoms with Crippen LogP contribution in [0.3, 0.4) is 0 Å². The molecular weight excluding hydrogens is 324 g/mol. The maximum atomic E-state index is 5.84. The van der Waals surface area contributed by atoms with E-state index in [4.69, 9.17) is 9.41 Å². The highest BCUT2D eigenvalue weighted by Gasteiger charge is 2.16. The standard InChI is InChI=1S/C21H24N4O/c1-12(2)9-20-24-25-21(26-20)16-7-8-19-17(10-16)18(11-22-19)14(4)23-13(3)15-5-6-15/h7-8,10-12,22H,5-6,9H2,1-4H3. The van der Waals surface area contributed by atoms with Crippen molar-refractivity contribution in [3.05, 3.63) is 47.1 Å². The molecule has 0 spiro atoms. The Morgan fingerprint density at radius 2 is 2.04 bits per heavy atom. The van der Waals surface area contributed by atoms with Crippen molar-refractivity contribution < 1.29 is 4.42 Å². The van der Waals surface area contributed by atoms with Crippen molar-refractivity contribution >= 4 is 16.6 Å². The van der Waals surface area contributed by atoms with Crippen LogP contribution in [-0.2, 0) is 6.42 Å². The molecule has 2 aromatic heterocycles. The first-order valence-corrected chi connectivity index (χ1v) is 9.19. The Bertz CT molecular complexity index is 1010. The van der Waals surface area contributed by atoms with Gasteiger partial charge in [0.2, 0.25) is 11.8 Å². The summed E-state index contributed by atoms with van der Waals surface area (Å²) < 4.78 is 5.84. The Hall–Kier alpha value is -2.69. The van der Waals surface area contributed by atoms with Crippen LogP contribution in [0.4, 0.5) is 0 Å². The molecule has 0 saturated heterocycles. The fourth-order valence-electron chi connectivity index (χ4n) is 3.17. The summed E-state index contributed by atoms with van der Waals surface area (Å²) in [6.07, 6.45) is 5.20. The zero-order valence-electron chi connectivity index (χ0n) is 15.8. The number of aliphatic imine (C=N–C) groups is 1. The number of aromatic nitrogens is 3. The Labute approximate surface area is 153 Å². The van der Waals surface area contributed by atoms with Crippen molar-refractivity contribution in [3.63, 3.8) is 0 Å². The number of aromatic amines is 1. The van der Waals surface area contributed by atoms with Crippen LogP contribution < -0.4 is 0 Å². The summed E-state index contributed by atoms with van der Waals surface area (Å²) >= 11 is 0. The lowest BCUT2D eigenvalue weighted by Crippen LogP contribution is -1.93. The van der Waals surface area contributed by atoms with Crippen LogP contribution in [0.25, 0.3) is 22.4 Å². The summed E-state index contributed by atoms with van der Waals surface area (Å²) in [6.45, 7) is 8.45. The van der Waals surface area contributed by atoms with Gasteiger partial charge in [0, 0.05) is 46.1 Å². The van der Waals surface area contributed by atoms with Crippen molar-refractivity contribution in [1.29, 1.82) is 0 Å². The number of nitrogens with one attached hydrogen (secondary N) is 1. The van der Waals surface area contributed by atoms with Gasteiger partial charge in [-0.05, 0) is 56.4 Å². The molecule has 0 aliphatic heterocycles. The maximum absolute atomic E-state index is 5.84. The van der Waals surface area contributed by atoms with E-state index in [9.17, 15) is 0 Å². The van der Waals surface area contributed by atoms with Gasteiger partial charge in [0.25, 0.3) is 0 Å². The molecule has 1 N–H and O–H groups in total. The molecule has 4 rings (SSSR count). The van der Waals surface area contributed by atoms with Crippen molar-refractivity contribution in [2.75, 3.05) is 0 Å². The lowest BCUT2D eigenvalue weighted by molar-refractivity contribution is 0.466. The van der Waals surface area contributed by atoms with E-state index in [0.29, 0.717) is 17.7 Å². The predicted molar refractivity (Wildman–Crippen MR) is 104 cm³/mol. The van der Waals surface area contributed by atoms with Gasteiger partial charge in [-0.3, -0.25) is 4.99 Å². The van der Waals surface area contributed by atoms with Crippen LogP contribution in [0.5, 0.6) is 0 Å². The smallest absolute Gasteiger partial charge is 0.247 e. The number of allylic oxidation sites excluding steroid dienone is 2. The van der Waals surface area contributed by atoms with Gasteiger partial charge in [-0.25, -0.2) is 0 Å². The van der Waals surface area contributed by atoms with Gasteiger partial charge in [0.15, 0.2) is 0 Å². The molecule has 26 heavy (non-hydrogen) atoms. The lowest BCUT2D eigenvalue weighted by atomic mass is 10.1. The van der Waals surface area contributed by atoms with Gasteiger partial charge in [-0.2, -0.15) is 0 Å². The van der Waals surface area contributed by atoms with Gasteiger partial charge in [0.05, 0.1) is 0 Å². The molecule has 0 bridgehead atoms. The SMILES string of the molecule is CC(=NC(C)=C1CC1)c1c[nH]c2ccc(-c3nnc(CC(C)C)o3)cc12. The Morgan fingerprint density at radius 1 is 1.23 bits per heavy atom. The van der Waals surface area contributed by atoms with Gasteiger partial charge in [-0.1, -0.05) is 13.8 Å². The van der Waals surface area contributed by atoms with Crippen molar-refractivity contribution in [1.82, 2.24) is 15.2 Å².